The minimum atomic E-state index is -0.242. The average molecular weight is 454 g/mol. The molecule has 1 fully saturated rings. The number of carbonyl (C=O) groups excluding carboxylic acids is 1. The number of amides is 1. The van der Waals surface area contributed by atoms with Gasteiger partial charge < -0.3 is 14.6 Å². The topological polar surface area (TPSA) is 98.6 Å². The minimum absolute atomic E-state index is 0.0175. The lowest BCUT2D eigenvalue weighted by Gasteiger charge is -2.12. The predicted octanol–water partition coefficient (Wildman–Crippen LogP) is 4.85. The molecule has 1 saturated heterocycles. The molecule has 1 aliphatic rings. The van der Waals surface area contributed by atoms with Crippen LogP contribution in [0.15, 0.2) is 80.4 Å². The summed E-state index contributed by atoms with van der Waals surface area (Å²) in [5.41, 5.74) is 1.17. The van der Waals surface area contributed by atoms with E-state index in [1.54, 1.807) is 54.6 Å². The van der Waals surface area contributed by atoms with Crippen LogP contribution in [0.2, 0.25) is 5.02 Å². The van der Waals surface area contributed by atoms with Crippen LogP contribution in [-0.4, -0.2) is 32.4 Å². The Morgan fingerprint density at radius 1 is 1.13 bits per heavy atom. The van der Waals surface area contributed by atoms with Gasteiger partial charge in [-0.2, -0.15) is 5.10 Å². The normalized spacial score (nSPS) is 16.8. The highest BCUT2D eigenvalue weighted by Gasteiger charge is 2.34. The van der Waals surface area contributed by atoms with Crippen molar-refractivity contribution >= 4 is 46.7 Å². The van der Waals surface area contributed by atoms with Gasteiger partial charge >= 0.3 is 0 Å². The molecule has 0 radical (unpaired) electrons. The van der Waals surface area contributed by atoms with Crippen molar-refractivity contribution in [1.82, 2.24) is 4.90 Å². The van der Waals surface area contributed by atoms with Gasteiger partial charge in [0, 0.05) is 10.6 Å². The number of halogens is 1. The number of phenolic OH excluding ortho intramolecular Hbond substituents is 2. The molecule has 0 saturated carbocycles. The molecular formula is C22H16ClN3O4S. The van der Waals surface area contributed by atoms with Crippen molar-refractivity contribution in [2.24, 2.45) is 10.2 Å². The summed E-state index contributed by atoms with van der Waals surface area (Å²) in [5, 5.41) is 28.4. The molecule has 1 aliphatic heterocycles. The zero-order valence-corrected chi connectivity index (χ0v) is 17.5. The van der Waals surface area contributed by atoms with Crippen LogP contribution in [0.1, 0.15) is 16.9 Å². The fourth-order valence-electron chi connectivity index (χ4n) is 2.77. The first-order valence-electron chi connectivity index (χ1n) is 9.12. The zero-order valence-electron chi connectivity index (χ0n) is 16.0. The lowest BCUT2D eigenvalue weighted by molar-refractivity contribution is -0.122. The van der Waals surface area contributed by atoms with Gasteiger partial charge in [0.1, 0.15) is 17.3 Å². The molecule has 156 valence electrons. The summed E-state index contributed by atoms with van der Waals surface area (Å²) in [4.78, 5) is 14.9. The lowest BCUT2D eigenvalue weighted by atomic mass is 10.2. The maximum atomic E-state index is 13.0. The number of furan rings is 1. The number of nitrogens with zero attached hydrogens (tertiary/aromatic N) is 3. The van der Waals surface area contributed by atoms with Crippen molar-refractivity contribution < 1.29 is 19.4 Å². The van der Waals surface area contributed by atoms with E-state index in [9.17, 15) is 15.0 Å². The second-order valence-electron chi connectivity index (χ2n) is 6.50. The highest BCUT2D eigenvalue weighted by atomic mass is 35.5. The summed E-state index contributed by atoms with van der Waals surface area (Å²) < 4.78 is 5.37. The molecular weight excluding hydrogens is 438 g/mol. The Morgan fingerprint density at radius 3 is 2.68 bits per heavy atom. The first-order valence-corrected chi connectivity index (χ1v) is 10.3. The zero-order chi connectivity index (χ0) is 21.8. The van der Waals surface area contributed by atoms with Crippen LogP contribution in [-0.2, 0) is 11.3 Å². The van der Waals surface area contributed by atoms with Crippen molar-refractivity contribution in [3.05, 3.63) is 87.7 Å². The van der Waals surface area contributed by atoms with Crippen molar-refractivity contribution in [3.8, 4) is 11.5 Å². The first kappa shape index (κ1) is 20.8. The van der Waals surface area contributed by atoms with Gasteiger partial charge in [0.25, 0.3) is 5.91 Å². The Kier molecular flexibility index (Phi) is 6.11. The predicted molar refractivity (Wildman–Crippen MR) is 121 cm³/mol. The van der Waals surface area contributed by atoms with Crippen molar-refractivity contribution in [3.63, 3.8) is 0 Å². The van der Waals surface area contributed by atoms with Gasteiger partial charge in [0.05, 0.1) is 23.9 Å². The summed E-state index contributed by atoms with van der Waals surface area (Å²) in [6.07, 6.45) is 4.62. The molecule has 7 nitrogen and oxygen atoms in total. The monoisotopic (exact) mass is 453 g/mol. The molecule has 1 aromatic heterocycles. The molecule has 0 bridgehead atoms. The quantitative estimate of drug-likeness (QED) is 0.327. The van der Waals surface area contributed by atoms with E-state index < -0.39 is 0 Å². The van der Waals surface area contributed by atoms with Crippen LogP contribution in [0.25, 0.3) is 6.08 Å². The Balaban J connectivity index is 1.63. The van der Waals surface area contributed by atoms with Crippen LogP contribution in [0.5, 0.6) is 11.5 Å². The Bertz CT molecular complexity index is 1190. The molecule has 1 amide bonds. The number of benzene rings is 2. The summed E-state index contributed by atoms with van der Waals surface area (Å²) in [6.45, 7) is 0.197. The van der Waals surface area contributed by atoms with E-state index in [1.807, 2.05) is 0 Å². The summed E-state index contributed by atoms with van der Waals surface area (Å²) >= 11 is 7.12. The largest absolute Gasteiger partial charge is 0.508 e. The molecule has 2 aromatic carbocycles. The van der Waals surface area contributed by atoms with Crippen molar-refractivity contribution in [2.45, 2.75) is 6.54 Å². The van der Waals surface area contributed by atoms with Gasteiger partial charge in [0.2, 0.25) is 0 Å². The van der Waals surface area contributed by atoms with Gasteiger partial charge in [0.15, 0.2) is 5.17 Å². The number of rotatable bonds is 5. The smallest absolute Gasteiger partial charge is 0.267 e. The summed E-state index contributed by atoms with van der Waals surface area (Å²) in [7, 11) is 0. The van der Waals surface area contributed by atoms with Gasteiger partial charge in [-0.1, -0.05) is 23.7 Å². The van der Waals surface area contributed by atoms with E-state index in [2.05, 4.69) is 10.2 Å². The van der Waals surface area contributed by atoms with E-state index in [4.69, 9.17) is 16.0 Å². The lowest BCUT2D eigenvalue weighted by Crippen LogP contribution is -2.28. The average Bonchev–Trinajstić information content (AvgIpc) is 3.36. The number of amidine groups is 1. The highest BCUT2D eigenvalue weighted by Crippen LogP contribution is 2.34. The van der Waals surface area contributed by atoms with E-state index in [0.717, 1.165) is 5.56 Å². The summed E-state index contributed by atoms with van der Waals surface area (Å²) in [5.74, 6) is 0.523. The van der Waals surface area contributed by atoms with Gasteiger partial charge in [-0.15, -0.1) is 5.10 Å². The second-order valence-corrected chi connectivity index (χ2v) is 7.95. The third-order valence-electron chi connectivity index (χ3n) is 4.30. The third-order valence-corrected chi connectivity index (χ3v) is 5.53. The van der Waals surface area contributed by atoms with Crippen LogP contribution in [0, 0.1) is 0 Å². The standard InChI is InChI=1S/C22H16ClN3O4S/c23-16-5-8-19(28)15(11-16)12-24-25-22-26(13-18-2-1-9-30-18)21(29)20(31-22)10-14-3-6-17(27)7-4-14/h1-12,27-28H,13H2/b20-10-,24-12+,25-22-. The van der Waals surface area contributed by atoms with E-state index >= 15 is 0 Å². The molecule has 4 rings (SSSR count). The summed E-state index contributed by atoms with van der Waals surface area (Å²) in [6, 6.07) is 14.6. The maximum absolute atomic E-state index is 13.0. The van der Waals surface area contributed by atoms with Gasteiger partial charge in [-0.05, 0) is 65.9 Å². The number of thioether (sulfide) groups is 1. The van der Waals surface area contributed by atoms with Crippen molar-refractivity contribution in [2.75, 3.05) is 0 Å². The van der Waals surface area contributed by atoms with Crippen molar-refractivity contribution in [1.29, 1.82) is 0 Å². The van der Waals surface area contributed by atoms with Gasteiger partial charge in [-0.25, -0.2) is 0 Å². The van der Waals surface area contributed by atoms with E-state index in [1.165, 1.54) is 35.2 Å². The molecule has 3 aromatic rings. The Hall–Kier alpha value is -3.49. The van der Waals surface area contributed by atoms with Crippen LogP contribution >= 0.6 is 23.4 Å². The number of aromatic hydroxyl groups is 2. The molecule has 9 heteroatoms. The van der Waals surface area contributed by atoms with Crippen LogP contribution < -0.4 is 0 Å². The number of carbonyl (C=O) groups is 1. The maximum Gasteiger partial charge on any atom is 0.267 e. The van der Waals surface area contributed by atoms with Crippen LogP contribution in [0.3, 0.4) is 0 Å². The molecule has 2 N–H and O–H groups in total. The van der Waals surface area contributed by atoms with E-state index in [-0.39, 0.29) is 24.0 Å². The van der Waals surface area contributed by atoms with Gasteiger partial charge in [-0.3, -0.25) is 9.69 Å². The Labute approximate surface area is 187 Å². The van der Waals surface area contributed by atoms with E-state index in [0.29, 0.717) is 26.4 Å². The molecule has 0 atom stereocenters. The SMILES string of the molecule is O=C1/C(=C/c2ccc(O)cc2)S/C(=N\N=C\c2cc(Cl)ccc2O)N1Cc1ccco1. The first-order chi connectivity index (χ1) is 15.0. The number of hydrogen-bond donors (Lipinski definition) is 2. The third kappa shape index (κ3) is 4.99. The molecule has 2 heterocycles. The molecule has 31 heavy (non-hydrogen) atoms. The number of phenols is 2. The molecule has 0 unspecified atom stereocenters. The van der Waals surface area contributed by atoms with Crippen LogP contribution in [0.4, 0.5) is 0 Å². The minimum Gasteiger partial charge on any atom is -0.508 e. The highest BCUT2D eigenvalue weighted by molar-refractivity contribution is 8.18. The number of hydrogen-bond acceptors (Lipinski definition) is 7. The Morgan fingerprint density at radius 2 is 1.94 bits per heavy atom. The fourth-order valence-corrected chi connectivity index (χ4v) is 3.89. The molecule has 0 spiro atoms. The fraction of sp³-hybridized carbons (Fsp3) is 0.0455. The molecule has 0 aliphatic carbocycles. The second kappa shape index (κ2) is 9.11.